The summed E-state index contributed by atoms with van der Waals surface area (Å²) in [5, 5.41) is 6.63. The van der Waals surface area contributed by atoms with Gasteiger partial charge in [0.15, 0.2) is 0 Å². The molecule has 0 radical (unpaired) electrons. The fraction of sp³-hybridized carbons (Fsp3) is 0.231. The van der Waals surface area contributed by atoms with Gasteiger partial charge in [-0.15, -0.1) is 0 Å². The molecule has 18 heavy (non-hydrogen) atoms. The average Bonchev–Trinajstić information content (AvgIpc) is 2.80. The number of hydrogen-bond acceptors (Lipinski definition) is 3. The van der Waals surface area contributed by atoms with Gasteiger partial charge in [0.05, 0.1) is 6.20 Å². The topological polar surface area (TPSA) is 75.0 Å². The molecule has 5 nitrogen and oxygen atoms in total. The molecule has 2 aromatic rings. The van der Waals surface area contributed by atoms with Crippen LogP contribution in [0, 0.1) is 0 Å². The maximum absolute atomic E-state index is 11.7. The van der Waals surface area contributed by atoms with Gasteiger partial charge in [-0.1, -0.05) is 12.1 Å². The van der Waals surface area contributed by atoms with Crippen molar-refractivity contribution in [2.45, 2.75) is 12.8 Å². The van der Waals surface area contributed by atoms with Crippen LogP contribution in [0.3, 0.4) is 0 Å². The molecule has 0 saturated heterocycles. The summed E-state index contributed by atoms with van der Waals surface area (Å²) in [4.78, 5) is 13.4. The van der Waals surface area contributed by atoms with Gasteiger partial charge in [-0.25, -0.2) is 0 Å². The van der Waals surface area contributed by atoms with E-state index in [4.69, 9.17) is 5.73 Å². The quantitative estimate of drug-likeness (QED) is 0.797. The van der Waals surface area contributed by atoms with Crippen LogP contribution in [0.5, 0.6) is 0 Å². The summed E-state index contributed by atoms with van der Waals surface area (Å²) in [5.41, 5.74) is 9.81. The number of carbonyl (C=O) groups excluding carboxylic acids is 1. The van der Waals surface area contributed by atoms with Gasteiger partial charge in [0.1, 0.15) is 5.82 Å². The lowest BCUT2D eigenvalue weighted by Crippen LogP contribution is -2.31. The molecule has 1 aromatic heterocycles. The number of rotatable bonds is 1. The number of nitrogens with one attached hydrogen (secondary N) is 1. The first kappa shape index (κ1) is 10.8. The largest absolute Gasteiger partial charge is 0.384 e. The zero-order chi connectivity index (χ0) is 12.7. The number of fused-ring (bicyclic) bond motifs is 1. The van der Waals surface area contributed by atoms with E-state index >= 15 is 0 Å². The van der Waals surface area contributed by atoms with E-state index in [-0.39, 0.29) is 5.91 Å². The van der Waals surface area contributed by atoms with Crippen molar-refractivity contribution in [2.75, 3.05) is 17.7 Å². The SMILES string of the molecule is CN1C(=O)CCc2ccc(-c3cn[nH]c3N)cc21. The van der Waals surface area contributed by atoms with Gasteiger partial charge >= 0.3 is 0 Å². The molecule has 0 spiro atoms. The van der Waals surface area contributed by atoms with Crippen LogP contribution in [0.4, 0.5) is 11.5 Å². The second-order valence-corrected chi connectivity index (χ2v) is 4.49. The molecule has 0 bridgehead atoms. The minimum atomic E-state index is 0.153. The van der Waals surface area contributed by atoms with Crippen molar-refractivity contribution in [3.05, 3.63) is 30.0 Å². The lowest BCUT2D eigenvalue weighted by Gasteiger charge is -2.26. The molecule has 0 atom stereocenters. The summed E-state index contributed by atoms with van der Waals surface area (Å²) in [6.07, 6.45) is 3.08. The summed E-state index contributed by atoms with van der Waals surface area (Å²) >= 11 is 0. The number of H-pyrrole nitrogens is 1. The number of nitrogen functional groups attached to an aromatic ring is 1. The van der Waals surface area contributed by atoms with Crippen LogP contribution in [0.25, 0.3) is 11.1 Å². The van der Waals surface area contributed by atoms with E-state index in [2.05, 4.69) is 16.3 Å². The highest BCUT2D eigenvalue weighted by atomic mass is 16.2. The molecule has 92 valence electrons. The van der Waals surface area contributed by atoms with Crippen molar-refractivity contribution in [2.24, 2.45) is 0 Å². The highest BCUT2D eigenvalue weighted by Gasteiger charge is 2.21. The smallest absolute Gasteiger partial charge is 0.227 e. The van der Waals surface area contributed by atoms with E-state index in [9.17, 15) is 4.79 Å². The second kappa shape index (κ2) is 3.87. The number of hydrogen-bond donors (Lipinski definition) is 2. The number of anilines is 2. The van der Waals surface area contributed by atoms with Gasteiger partial charge < -0.3 is 10.6 Å². The Morgan fingerprint density at radius 1 is 1.39 bits per heavy atom. The van der Waals surface area contributed by atoms with Gasteiger partial charge in [0.25, 0.3) is 0 Å². The molecule has 3 rings (SSSR count). The standard InChI is InChI=1S/C13H14N4O/c1-17-11-6-9(10-7-15-16-13(10)14)3-2-8(11)4-5-12(17)18/h2-3,6-7H,4-5H2,1H3,(H3,14,15,16). The molecule has 0 unspecified atom stereocenters. The minimum absolute atomic E-state index is 0.153. The van der Waals surface area contributed by atoms with E-state index in [1.54, 1.807) is 11.1 Å². The third kappa shape index (κ3) is 1.55. The highest BCUT2D eigenvalue weighted by Crippen LogP contribution is 2.33. The third-order valence-corrected chi connectivity index (χ3v) is 3.41. The fourth-order valence-electron chi connectivity index (χ4n) is 2.32. The Balaban J connectivity index is 2.11. The molecular weight excluding hydrogens is 228 g/mol. The average molecular weight is 242 g/mol. The summed E-state index contributed by atoms with van der Waals surface area (Å²) in [6.45, 7) is 0. The van der Waals surface area contributed by atoms with Gasteiger partial charge in [0, 0.05) is 24.7 Å². The van der Waals surface area contributed by atoms with Crippen molar-refractivity contribution in [1.29, 1.82) is 0 Å². The Hall–Kier alpha value is -2.30. The first-order chi connectivity index (χ1) is 8.66. The predicted molar refractivity (Wildman–Crippen MR) is 70.2 cm³/mol. The van der Waals surface area contributed by atoms with E-state index in [1.807, 2.05) is 19.2 Å². The zero-order valence-corrected chi connectivity index (χ0v) is 10.1. The first-order valence-corrected chi connectivity index (χ1v) is 5.85. The van der Waals surface area contributed by atoms with Crippen LogP contribution in [0.15, 0.2) is 24.4 Å². The van der Waals surface area contributed by atoms with E-state index < -0.39 is 0 Å². The number of aryl methyl sites for hydroxylation is 1. The molecule has 0 fully saturated rings. The molecule has 1 amide bonds. The van der Waals surface area contributed by atoms with Crippen LogP contribution in [-0.2, 0) is 11.2 Å². The number of aromatic amines is 1. The maximum Gasteiger partial charge on any atom is 0.227 e. The van der Waals surface area contributed by atoms with Crippen LogP contribution in [0.1, 0.15) is 12.0 Å². The van der Waals surface area contributed by atoms with Gasteiger partial charge in [-0.3, -0.25) is 9.89 Å². The van der Waals surface area contributed by atoms with Crippen LogP contribution < -0.4 is 10.6 Å². The van der Waals surface area contributed by atoms with Gasteiger partial charge in [-0.2, -0.15) is 5.10 Å². The van der Waals surface area contributed by atoms with E-state index in [0.717, 1.165) is 23.2 Å². The Morgan fingerprint density at radius 3 is 2.94 bits per heavy atom. The summed E-state index contributed by atoms with van der Waals surface area (Å²) in [6, 6.07) is 6.07. The molecule has 1 aliphatic rings. The predicted octanol–water partition coefficient (Wildman–Crippen LogP) is 1.57. The Labute approximate surface area is 105 Å². The highest BCUT2D eigenvalue weighted by molar-refractivity contribution is 5.97. The van der Waals surface area contributed by atoms with Crippen molar-refractivity contribution in [1.82, 2.24) is 10.2 Å². The van der Waals surface area contributed by atoms with Gasteiger partial charge in [-0.05, 0) is 23.6 Å². The number of nitrogens with two attached hydrogens (primary N) is 1. The van der Waals surface area contributed by atoms with Crippen LogP contribution >= 0.6 is 0 Å². The molecule has 0 aliphatic carbocycles. The maximum atomic E-state index is 11.7. The summed E-state index contributed by atoms with van der Waals surface area (Å²) in [7, 11) is 1.81. The number of nitrogens with zero attached hydrogens (tertiary/aromatic N) is 2. The van der Waals surface area contributed by atoms with Crippen molar-refractivity contribution < 1.29 is 4.79 Å². The molecule has 5 heteroatoms. The van der Waals surface area contributed by atoms with Crippen molar-refractivity contribution in [3.8, 4) is 11.1 Å². The third-order valence-electron chi connectivity index (χ3n) is 3.41. The number of amides is 1. The Kier molecular flexibility index (Phi) is 2.33. The number of benzene rings is 1. The minimum Gasteiger partial charge on any atom is -0.384 e. The number of carbonyl (C=O) groups is 1. The van der Waals surface area contributed by atoms with Crippen molar-refractivity contribution >= 4 is 17.4 Å². The van der Waals surface area contributed by atoms with Gasteiger partial charge in [0.2, 0.25) is 5.91 Å². The second-order valence-electron chi connectivity index (χ2n) is 4.49. The fourth-order valence-corrected chi connectivity index (χ4v) is 2.32. The Morgan fingerprint density at radius 2 is 2.22 bits per heavy atom. The van der Waals surface area contributed by atoms with E-state index in [1.165, 1.54) is 5.56 Å². The molecule has 1 aliphatic heterocycles. The molecule has 3 N–H and O–H groups in total. The molecular formula is C13H14N4O. The number of aromatic nitrogens is 2. The normalized spacial score (nSPS) is 14.7. The molecule has 0 saturated carbocycles. The zero-order valence-electron chi connectivity index (χ0n) is 10.1. The molecule has 2 heterocycles. The summed E-state index contributed by atoms with van der Waals surface area (Å²) < 4.78 is 0. The lowest BCUT2D eigenvalue weighted by molar-refractivity contribution is -0.118. The Bertz CT molecular complexity index is 617. The first-order valence-electron chi connectivity index (χ1n) is 5.85. The monoisotopic (exact) mass is 242 g/mol. The van der Waals surface area contributed by atoms with Crippen molar-refractivity contribution in [3.63, 3.8) is 0 Å². The lowest BCUT2D eigenvalue weighted by atomic mass is 9.97. The van der Waals surface area contributed by atoms with E-state index in [0.29, 0.717) is 12.2 Å². The van der Waals surface area contributed by atoms with Crippen LogP contribution in [0.2, 0.25) is 0 Å². The van der Waals surface area contributed by atoms with Crippen LogP contribution in [-0.4, -0.2) is 23.2 Å². The summed E-state index contributed by atoms with van der Waals surface area (Å²) in [5.74, 6) is 0.694. The molecule has 1 aromatic carbocycles.